The van der Waals surface area contributed by atoms with Crippen molar-refractivity contribution in [3.8, 4) is 11.5 Å². The second-order valence-corrected chi connectivity index (χ2v) is 5.19. The molecule has 1 aliphatic rings. The van der Waals surface area contributed by atoms with Crippen LogP contribution >= 0.6 is 0 Å². The predicted molar refractivity (Wildman–Crippen MR) is 85.9 cm³/mol. The maximum atomic E-state index is 12.5. The van der Waals surface area contributed by atoms with Gasteiger partial charge in [-0.15, -0.1) is 0 Å². The number of carbonyl (C=O) groups is 2. The molecule has 1 aromatic heterocycles. The number of ketones is 1. The molecule has 0 amide bonds. The molecule has 1 aliphatic heterocycles. The van der Waals surface area contributed by atoms with Crippen LogP contribution in [0.3, 0.4) is 0 Å². The number of ether oxygens (including phenoxy) is 3. The van der Waals surface area contributed by atoms with Gasteiger partial charge >= 0.3 is 5.97 Å². The van der Waals surface area contributed by atoms with Crippen molar-refractivity contribution >= 4 is 17.8 Å². The van der Waals surface area contributed by atoms with E-state index in [1.54, 1.807) is 49.7 Å². The zero-order valence-electron chi connectivity index (χ0n) is 13.2. The van der Waals surface area contributed by atoms with Gasteiger partial charge in [-0.25, -0.2) is 4.79 Å². The fourth-order valence-electron chi connectivity index (χ4n) is 2.36. The lowest BCUT2D eigenvalue weighted by molar-refractivity contribution is -0.138. The smallest absolute Gasteiger partial charge is 0.337 e. The van der Waals surface area contributed by atoms with Crippen molar-refractivity contribution in [1.82, 2.24) is 4.98 Å². The molecule has 3 rings (SSSR count). The zero-order chi connectivity index (χ0) is 17.1. The number of methoxy groups -OCH3 is 1. The molecule has 0 N–H and O–H groups in total. The number of hydrogen-bond acceptors (Lipinski definition) is 6. The second kappa shape index (κ2) is 6.64. The second-order valence-electron chi connectivity index (χ2n) is 5.19. The lowest BCUT2D eigenvalue weighted by Crippen LogP contribution is -2.14. The van der Waals surface area contributed by atoms with E-state index in [1.165, 1.54) is 7.11 Å². The Morgan fingerprint density at radius 1 is 1.25 bits per heavy atom. The van der Waals surface area contributed by atoms with Crippen LogP contribution in [0.2, 0.25) is 0 Å². The fraction of sp³-hybridized carbons (Fsp3) is 0.167. The zero-order valence-corrected chi connectivity index (χ0v) is 13.2. The largest absolute Gasteiger partial charge is 0.452 e. The average Bonchev–Trinajstić information content (AvgIpc) is 2.89. The highest BCUT2D eigenvalue weighted by atomic mass is 16.6. The number of fused-ring (bicyclic) bond motifs is 1. The van der Waals surface area contributed by atoms with Gasteiger partial charge in [-0.1, -0.05) is 0 Å². The van der Waals surface area contributed by atoms with E-state index in [9.17, 15) is 9.59 Å². The molecule has 1 aromatic carbocycles. The van der Waals surface area contributed by atoms with E-state index in [1.807, 2.05) is 0 Å². The minimum Gasteiger partial charge on any atom is -0.452 e. The molecule has 0 radical (unpaired) electrons. The Bertz CT molecular complexity index is 827. The molecular weight excluding hydrogens is 310 g/mol. The molecule has 0 fully saturated rings. The van der Waals surface area contributed by atoms with E-state index in [0.29, 0.717) is 22.6 Å². The molecule has 122 valence electrons. The first kappa shape index (κ1) is 15.9. The summed E-state index contributed by atoms with van der Waals surface area (Å²) in [6, 6.07) is 6.72. The molecule has 6 nitrogen and oxygen atoms in total. The highest BCUT2D eigenvalue weighted by Crippen LogP contribution is 2.39. The summed E-state index contributed by atoms with van der Waals surface area (Å²) >= 11 is 0. The number of aromatic nitrogens is 1. The highest BCUT2D eigenvalue weighted by Gasteiger charge is 2.30. The van der Waals surface area contributed by atoms with Crippen LogP contribution in [-0.4, -0.2) is 30.5 Å². The molecule has 6 heteroatoms. The van der Waals surface area contributed by atoms with E-state index in [0.717, 1.165) is 5.56 Å². The van der Waals surface area contributed by atoms with Crippen molar-refractivity contribution in [2.24, 2.45) is 0 Å². The lowest BCUT2D eigenvalue weighted by Gasteiger charge is -2.09. The minimum absolute atomic E-state index is 0.149. The minimum atomic E-state index is -0.516. The summed E-state index contributed by atoms with van der Waals surface area (Å²) < 4.78 is 15.7. The van der Waals surface area contributed by atoms with Crippen molar-refractivity contribution < 1.29 is 23.8 Å². The summed E-state index contributed by atoms with van der Waals surface area (Å²) in [5, 5.41) is 0. The van der Waals surface area contributed by atoms with Crippen molar-refractivity contribution in [2.45, 2.75) is 6.92 Å². The normalized spacial score (nSPS) is 14.4. The van der Waals surface area contributed by atoms with Crippen LogP contribution < -0.4 is 9.47 Å². The number of benzene rings is 1. The van der Waals surface area contributed by atoms with Crippen LogP contribution in [0.15, 0.2) is 42.4 Å². The van der Waals surface area contributed by atoms with Crippen LogP contribution in [0.1, 0.15) is 21.5 Å². The standard InChI is InChI=1S/C18H15NO5/c1-11-14(23-16(20)10-22-2)4-3-13-17(21)15(24-18(11)13)9-12-5-7-19-8-6-12/h3-9H,10H2,1-2H3/b15-9-. The highest BCUT2D eigenvalue weighted by molar-refractivity contribution is 6.15. The van der Waals surface area contributed by atoms with Gasteiger partial charge in [0.15, 0.2) is 5.76 Å². The Balaban J connectivity index is 1.90. The van der Waals surface area contributed by atoms with Crippen LogP contribution in [0.5, 0.6) is 11.5 Å². The molecule has 2 heterocycles. The van der Waals surface area contributed by atoms with Gasteiger partial charge in [0, 0.05) is 25.1 Å². The van der Waals surface area contributed by atoms with Gasteiger partial charge in [-0.2, -0.15) is 0 Å². The number of esters is 1. The van der Waals surface area contributed by atoms with Crippen molar-refractivity contribution in [2.75, 3.05) is 13.7 Å². The number of hydrogen-bond donors (Lipinski definition) is 0. The van der Waals surface area contributed by atoms with Gasteiger partial charge in [0.1, 0.15) is 18.1 Å². The maximum Gasteiger partial charge on any atom is 0.337 e. The fourth-order valence-corrected chi connectivity index (χ4v) is 2.36. The van der Waals surface area contributed by atoms with Gasteiger partial charge in [0.25, 0.3) is 0 Å². The summed E-state index contributed by atoms with van der Waals surface area (Å²) in [5.41, 5.74) is 1.84. The molecule has 2 aromatic rings. The van der Waals surface area contributed by atoms with Crippen molar-refractivity contribution in [3.63, 3.8) is 0 Å². The summed E-state index contributed by atoms with van der Waals surface area (Å²) in [6.45, 7) is 1.58. The summed E-state index contributed by atoms with van der Waals surface area (Å²) in [4.78, 5) is 27.9. The number of nitrogens with zero attached hydrogens (tertiary/aromatic N) is 1. The number of allylic oxidation sites excluding steroid dienone is 1. The first-order valence-corrected chi connectivity index (χ1v) is 7.27. The van der Waals surface area contributed by atoms with Crippen LogP contribution in [0.4, 0.5) is 0 Å². The van der Waals surface area contributed by atoms with Gasteiger partial charge in [-0.3, -0.25) is 9.78 Å². The SMILES string of the molecule is COCC(=O)Oc1ccc2c(c1C)O/C(=C\c1ccncc1)C2=O. The average molecular weight is 325 g/mol. The Morgan fingerprint density at radius 2 is 2.00 bits per heavy atom. The third-order valence-corrected chi connectivity index (χ3v) is 3.53. The van der Waals surface area contributed by atoms with Gasteiger partial charge in [0.2, 0.25) is 5.78 Å². The Labute approximate surface area is 138 Å². The Morgan fingerprint density at radius 3 is 2.71 bits per heavy atom. The first-order chi connectivity index (χ1) is 11.6. The molecule has 0 atom stereocenters. The van der Waals surface area contributed by atoms with E-state index in [2.05, 4.69) is 4.98 Å². The molecule has 0 saturated heterocycles. The monoisotopic (exact) mass is 325 g/mol. The Kier molecular flexibility index (Phi) is 4.39. The molecule has 0 spiro atoms. The van der Waals surface area contributed by atoms with Gasteiger partial charge in [0.05, 0.1) is 5.56 Å². The van der Waals surface area contributed by atoms with Gasteiger partial charge < -0.3 is 14.2 Å². The third-order valence-electron chi connectivity index (χ3n) is 3.53. The van der Waals surface area contributed by atoms with E-state index in [-0.39, 0.29) is 18.1 Å². The first-order valence-electron chi connectivity index (χ1n) is 7.27. The molecule has 0 saturated carbocycles. The molecule has 0 aliphatic carbocycles. The molecule has 0 unspecified atom stereocenters. The summed E-state index contributed by atoms with van der Waals surface area (Å²) in [5.74, 6) is 0.244. The lowest BCUT2D eigenvalue weighted by atomic mass is 10.1. The van der Waals surface area contributed by atoms with Gasteiger partial charge in [-0.05, 0) is 42.8 Å². The van der Waals surface area contributed by atoms with Crippen LogP contribution in [-0.2, 0) is 9.53 Å². The van der Waals surface area contributed by atoms with E-state index < -0.39 is 5.97 Å². The van der Waals surface area contributed by atoms with Crippen LogP contribution in [0.25, 0.3) is 6.08 Å². The van der Waals surface area contributed by atoms with Crippen molar-refractivity contribution in [1.29, 1.82) is 0 Å². The van der Waals surface area contributed by atoms with Crippen molar-refractivity contribution in [3.05, 3.63) is 59.1 Å². The number of rotatable bonds is 4. The number of pyridine rings is 1. The molecule has 24 heavy (non-hydrogen) atoms. The summed E-state index contributed by atoms with van der Waals surface area (Å²) in [7, 11) is 1.41. The third kappa shape index (κ3) is 3.04. The predicted octanol–water partition coefficient (Wildman–Crippen LogP) is 2.56. The number of Topliss-reactive ketones (excluding diaryl/α,β-unsaturated/α-hetero) is 1. The quantitative estimate of drug-likeness (QED) is 0.488. The Hall–Kier alpha value is -2.99. The van der Waals surface area contributed by atoms with E-state index in [4.69, 9.17) is 14.2 Å². The summed E-state index contributed by atoms with van der Waals surface area (Å²) in [6.07, 6.45) is 4.93. The molecule has 0 bridgehead atoms. The maximum absolute atomic E-state index is 12.5. The van der Waals surface area contributed by atoms with E-state index >= 15 is 0 Å². The number of carbonyl (C=O) groups excluding carboxylic acids is 2. The van der Waals surface area contributed by atoms with Crippen LogP contribution in [0, 0.1) is 6.92 Å². The molecular formula is C18H15NO5. The topological polar surface area (TPSA) is 74.7 Å².